The van der Waals surface area contributed by atoms with Crippen molar-refractivity contribution in [2.24, 2.45) is 5.92 Å². The molecule has 0 aromatic rings. The highest BCUT2D eigenvalue weighted by Crippen LogP contribution is 2.65. The highest BCUT2D eigenvalue weighted by atomic mass is 19.3. The molecule has 2 nitrogen and oxygen atoms in total. The fraction of sp³-hybridized carbons (Fsp3) is 0.833. The molecule has 0 aromatic heterocycles. The highest BCUT2D eigenvalue weighted by molar-refractivity contribution is 5.34. The molecule has 2 aliphatic rings. The first-order valence-corrected chi connectivity index (χ1v) is 3.08. The van der Waals surface area contributed by atoms with Crippen LogP contribution in [-0.2, 0) is 4.74 Å². The predicted molar refractivity (Wildman–Crippen MR) is 27.3 cm³/mol. The zero-order valence-corrected chi connectivity index (χ0v) is 5.10. The van der Waals surface area contributed by atoms with Crippen molar-refractivity contribution in [2.75, 3.05) is 6.61 Å². The molecule has 0 unspecified atom stereocenters. The summed E-state index contributed by atoms with van der Waals surface area (Å²) < 4.78 is 29.8. The average molecular weight is 145 g/mol. The first kappa shape index (κ1) is 6.05. The molecule has 2 rings (SSSR count). The van der Waals surface area contributed by atoms with Gasteiger partial charge >= 0.3 is 0 Å². The fourth-order valence-corrected chi connectivity index (χ4v) is 1.55. The van der Waals surface area contributed by atoms with Crippen LogP contribution in [-0.4, -0.2) is 18.1 Å². The Morgan fingerprint density at radius 3 is 2.60 bits per heavy atom. The lowest BCUT2D eigenvalue weighted by Crippen LogP contribution is -2.19. The molecule has 0 N–H and O–H groups in total. The van der Waals surface area contributed by atoms with E-state index in [1.54, 1.807) is 0 Å². The summed E-state index contributed by atoms with van der Waals surface area (Å²) >= 11 is 0. The van der Waals surface area contributed by atoms with Crippen LogP contribution in [0.2, 0.25) is 0 Å². The number of nitriles is 1. The Morgan fingerprint density at radius 2 is 2.30 bits per heavy atom. The molecule has 2 fully saturated rings. The maximum Gasteiger partial charge on any atom is 0.297 e. The molecule has 0 spiro atoms. The van der Waals surface area contributed by atoms with Crippen molar-refractivity contribution >= 4 is 0 Å². The Kier molecular flexibility index (Phi) is 0.801. The first-order chi connectivity index (χ1) is 4.65. The Balaban J connectivity index is 2.33. The van der Waals surface area contributed by atoms with E-state index in [0.29, 0.717) is 13.0 Å². The van der Waals surface area contributed by atoms with E-state index < -0.39 is 17.4 Å². The molecule has 1 aliphatic heterocycles. The Bertz CT molecular complexity index is 222. The number of rotatable bonds is 0. The van der Waals surface area contributed by atoms with Crippen LogP contribution < -0.4 is 0 Å². The molecule has 0 radical (unpaired) electrons. The average Bonchev–Trinajstić information content (AvgIpc) is 2.34. The van der Waals surface area contributed by atoms with Gasteiger partial charge in [-0.25, -0.2) is 8.78 Å². The number of halogens is 2. The van der Waals surface area contributed by atoms with Gasteiger partial charge in [0.05, 0.1) is 5.92 Å². The van der Waals surface area contributed by atoms with Gasteiger partial charge in [0.25, 0.3) is 5.92 Å². The normalized spacial score (nSPS) is 47.9. The lowest BCUT2D eigenvalue weighted by atomic mass is 10.3. The maximum absolute atomic E-state index is 12.5. The van der Waals surface area contributed by atoms with E-state index >= 15 is 0 Å². The Hall–Kier alpha value is -0.690. The van der Waals surface area contributed by atoms with Crippen molar-refractivity contribution in [3.05, 3.63) is 0 Å². The van der Waals surface area contributed by atoms with Crippen LogP contribution >= 0.6 is 0 Å². The van der Waals surface area contributed by atoms with Crippen LogP contribution in [0.1, 0.15) is 6.42 Å². The molecule has 10 heavy (non-hydrogen) atoms. The third-order valence-corrected chi connectivity index (χ3v) is 2.24. The summed E-state index contributed by atoms with van der Waals surface area (Å²) in [7, 11) is 0. The summed E-state index contributed by atoms with van der Waals surface area (Å²) in [5.74, 6) is -3.70. The van der Waals surface area contributed by atoms with Crippen LogP contribution in [0.25, 0.3) is 0 Å². The van der Waals surface area contributed by atoms with Gasteiger partial charge in [0.2, 0.25) is 5.60 Å². The molecule has 0 bridgehead atoms. The van der Waals surface area contributed by atoms with Crippen molar-refractivity contribution in [2.45, 2.75) is 17.9 Å². The Labute approximate surface area is 56.4 Å². The van der Waals surface area contributed by atoms with E-state index in [4.69, 9.17) is 5.26 Å². The van der Waals surface area contributed by atoms with Crippen molar-refractivity contribution < 1.29 is 13.5 Å². The highest BCUT2D eigenvalue weighted by Gasteiger charge is 2.85. The Morgan fingerprint density at radius 1 is 1.60 bits per heavy atom. The molecule has 1 saturated carbocycles. The van der Waals surface area contributed by atoms with Gasteiger partial charge in [-0.2, -0.15) is 5.26 Å². The van der Waals surface area contributed by atoms with E-state index in [1.165, 1.54) is 6.07 Å². The minimum Gasteiger partial charge on any atom is -0.354 e. The minimum absolute atomic E-state index is 0.299. The zero-order valence-electron chi connectivity index (χ0n) is 5.10. The van der Waals surface area contributed by atoms with Crippen LogP contribution in [0.3, 0.4) is 0 Å². The molecule has 1 heterocycles. The van der Waals surface area contributed by atoms with Gasteiger partial charge in [0.1, 0.15) is 6.07 Å². The molecule has 2 atom stereocenters. The molecule has 1 saturated heterocycles. The SMILES string of the molecule is N#C[C@]12OCC[C@@H]1C2(F)F. The van der Waals surface area contributed by atoms with Crippen LogP contribution in [0.4, 0.5) is 8.78 Å². The summed E-state index contributed by atoms with van der Waals surface area (Å²) in [6.45, 7) is 0.299. The summed E-state index contributed by atoms with van der Waals surface area (Å²) in [6, 6.07) is 1.53. The third kappa shape index (κ3) is 0.363. The quantitative estimate of drug-likeness (QED) is 0.508. The first-order valence-electron chi connectivity index (χ1n) is 3.08. The molecular formula is C6H5F2NO. The van der Waals surface area contributed by atoms with E-state index in [-0.39, 0.29) is 0 Å². The van der Waals surface area contributed by atoms with Gasteiger partial charge in [-0.15, -0.1) is 0 Å². The molecule has 54 valence electrons. The van der Waals surface area contributed by atoms with E-state index in [9.17, 15) is 8.78 Å². The smallest absolute Gasteiger partial charge is 0.297 e. The molecule has 1 aliphatic carbocycles. The van der Waals surface area contributed by atoms with Crippen molar-refractivity contribution in [1.29, 1.82) is 5.26 Å². The second-order valence-electron chi connectivity index (χ2n) is 2.66. The van der Waals surface area contributed by atoms with E-state index in [1.807, 2.05) is 0 Å². The number of ether oxygens (including phenoxy) is 1. The summed E-state index contributed by atoms with van der Waals surface area (Å²) in [4.78, 5) is 0. The monoisotopic (exact) mass is 145 g/mol. The van der Waals surface area contributed by atoms with Crippen LogP contribution in [0.5, 0.6) is 0 Å². The summed E-state index contributed by atoms with van der Waals surface area (Å²) in [5, 5.41) is 8.35. The van der Waals surface area contributed by atoms with Gasteiger partial charge in [-0.1, -0.05) is 0 Å². The van der Waals surface area contributed by atoms with E-state index in [0.717, 1.165) is 0 Å². The van der Waals surface area contributed by atoms with Crippen LogP contribution in [0, 0.1) is 17.2 Å². The second kappa shape index (κ2) is 1.32. The van der Waals surface area contributed by atoms with Crippen molar-refractivity contribution in [3.8, 4) is 6.07 Å². The molecule has 4 heteroatoms. The zero-order chi connectivity index (χ0) is 7.41. The summed E-state index contributed by atoms with van der Waals surface area (Å²) in [6.07, 6.45) is 0.320. The van der Waals surface area contributed by atoms with Crippen LogP contribution in [0.15, 0.2) is 0 Å². The fourth-order valence-electron chi connectivity index (χ4n) is 1.55. The lowest BCUT2D eigenvalue weighted by molar-refractivity contribution is -0.0287. The van der Waals surface area contributed by atoms with Gasteiger partial charge in [-0.05, 0) is 6.42 Å². The second-order valence-corrected chi connectivity index (χ2v) is 2.66. The molecule has 0 aromatic carbocycles. The molecule has 0 amide bonds. The predicted octanol–water partition coefficient (Wildman–Crippen LogP) is 0.934. The number of hydrogen-bond acceptors (Lipinski definition) is 2. The third-order valence-electron chi connectivity index (χ3n) is 2.24. The summed E-state index contributed by atoms with van der Waals surface area (Å²) in [5.41, 5.74) is -1.73. The maximum atomic E-state index is 12.5. The van der Waals surface area contributed by atoms with Gasteiger partial charge in [-0.3, -0.25) is 0 Å². The largest absolute Gasteiger partial charge is 0.354 e. The topological polar surface area (TPSA) is 33.0 Å². The number of hydrogen-bond donors (Lipinski definition) is 0. The van der Waals surface area contributed by atoms with Gasteiger partial charge in [0.15, 0.2) is 0 Å². The standard InChI is InChI=1S/C6H5F2NO/c7-6(8)4-1-2-10-5(4,6)3-9/h4H,1-2H2/t4-,5-/m0/s1. The number of fused-ring (bicyclic) bond motifs is 1. The number of alkyl halides is 2. The lowest BCUT2D eigenvalue weighted by Gasteiger charge is -2.04. The molecular weight excluding hydrogens is 140 g/mol. The van der Waals surface area contributed by atoms with Gasteiger partial charge < -0.3 is 4.74 Å². The van der Waals surface area contributed by atoms with Gasteiger partial charge in [0, 0.05) is 6.61 Å². The minimum atomic E-state index is -2.88. The van der Waals surface area contributed by atoms with Crippen molar-refractivity contribution in [1.82, 2.24) is 0 Å². The van der Waals surface area contributed by atoms with Crippen molar-refractivity contribution in [3.63, 3.8) is 0 Å². The number of nitrogens with zero attached hydrogens (tertiary/aromatic N) is 1. The van der Waals surface area contributed by atoms with E-state index in [2.05, 4.69) is 4.74 Å².